The van der Waals surface area contributed by atoms with Crippen LogP contribution < -0.4 is 5.73 Å². The maximum atomic E-state index is 11.8. The van der Waals surface area contributed by atoms with Gasteiger partial charge in [-0.3, -0.25) is 4.79 Å². The molecule has 0 spiro atoms. The minimum Gasteiger partial charge on any atom is -0.399 e. The monoisotopic (exact) mass is 232 g/mol. The number of hydrogen-bond donors (Lipinski definition) is 1. The van der Waals surface area contributed by atoms with Crippen molar-refractivity contribution in [1.82, 2.24) is 4.90 Å². The van der Waals surface area contributed by atoms with Crippen molar-refractivity contribution in [3.05, 3.63) is 42.0 Å². The molecular weight excluding hydrogens is 212 g/mol. The van der Waals surface area contributed by atoms with Gasteiger partial charge in [-0.15, -0.1) is 0 Å². The van der Waals surface area contributed by atoms with Crippen LogP contribution in [0.4, 0.5) is 5.69 Å². The lowest BCUT2D eigenvalue weighted by Gasteiger charge is -2.17. The van der Waals surface area contributed by atoms with Crippen molar-refractivity contribution in [2.75, 3.05) is 19.3 Å². The van der Waals surface area contributed by atoms with Gasteiger partial charge in [0.1, 0.15) is 0 Å². The molecule has 2 N–H and O–H groups in total. The van der Waals surface area contributed by atoms with Crippen molar-refractivity contribution in [1.29, 1.82) is 0 Å². The number of benzene rings is 1. The summed E-state index contributed by atoms with van der Waals surface area (Å²) < 4.78 is 0. The van der Waals surface area contributed by atoms with Crippen LogP contribution in [0.5, 0.6) is 0 Å². The molecule has 0 unspecified atom stereocenters. The van der Waals surface area contributed by atoms with Crippen LogP contribution >= 0.6 is 0 Å². The maximum absolute atomic E-state index is 11.8. The number of para-hydroxylation sites is 1. The van der Waals surface area contributed by atoms with E-state index in [0.717, 1.165) is 16.8 Å². The summed E-state index contributed by atoms with van der Waals surface area (Å²) in [6, 6.07) is 7.65. The molecule has 3 nitrogen and oxygen atoms in total. The molecule has 0 fully saturated rings. The number of nitrogens with zero attached hydrogens (tertiary/aromatic N) is 1. The van der Waals surface area contributed by atoms with Gasteiger partial charge in [-0.05, 0) is 25.0 Å². The Morgan fingerprint density at radius 2 is 2.06 bits per heavy atom. The Morgan fingerprint density at radius 3 is 2.65 bits per heavy atom. The molecule has 0 aliphatic carbocycles. The van der Waals surface area contributed by atoms with E-state index in [0.29, 0.717) is 19.4 Å². The van der Waals surface area contributed by atoms with E-state index in [2.05, 4.69) is 6.58 Å². The summed E-state index contributed by atoms with van der Waals surface area (Å²) in [5.74, 6) is 0.122. The number of carbonyl (C=O) groups is 1. The van der Waals surface area contributed by atoms with Crippen LogP contribution in [0.15, 0.2) is 36.4 Å². The number of hydrogen-bond acceptors (Lipinski definition) is 2. The number of likely N-dealkylation sites (N-methyl/N-ethyl adjacent to an activating group) is 1. The van der Waals surface area contributed by atoms with Crippen molar-refractivity contribution in [3.8, 4) is 0 Å². The average molecular weight is 232 g/mol. The van der Waals surface area contributed by atoms with Crippen LogP contribution in [0, 0.1) is 0 Å². The van der Waals surface area contributed by atoms with Crippen LogP contribution in [0.25, 0.3) is 0 Å². The molecule has 0 aliphatic heterocycles. The van der Waals surface area contributed by atoms with Crippen LogP contribution in [-0.2, 0) is 11.2 Å². The van der Waals surface area contributed by atoms with Crippen molar-refractivity contribution in [3.63, 3.8) is 0 Å². The second-order valence-electron chi connectivity index (χ2n) is 4.41. The molecule has 0 bridgehead atoms. The molecule has 0 heterocycles. The number of nitrogen functional groups attached to an aromatic ring is 1. The fraction of sp³-hybridized carbons (Fsp3) is 0.357. The number of aryl methyl sites for hydroxylation is 1. The number of carbonyl (C=O) groups excluding carboxylic acids is 1. The van der Waals surface area contributed by atoms with E-state index in [1.807, 2.05) is 31.2 Å². The summed E-state index contributed by atoms with van der Waals surface area (Å²) in [6.07, 6.45) is 1.17. The van der Waals surface area contributed by atoms with Crippen molar-refractivity contribution >= 4 is 11.6 Å². The third-order valence-corrected chi connectivity index (χ3v) is 2.60. The Labute approximate surface area is 103 Å². The first-order chi connectivity index (χ1) is 8.00. The fourth-order valence-corrected chi connectivity index (χ4v) is 1.69. The van der Waals surface area contributed by atoms with Crippen molar-refractivity contribution < 1.29 is 4.79 Å². The third kappa shape index (κ3) is 4.31. The van der Waals surface area contributed by atoms with Gasteiger partial charge in [0, 0.05) is 25.7 Å². The van der Waals surface area contributed by atoms with Gasteiger partial charge in [0.05, 0.1) is 0 Å². The van der Waals surface area contributed by atoms with Gasteiger partial charge < -0.3 is 10.6 Å². The molecule has 0 radical (unpaired) electrons. The molecule has 92 valence electrons. The highest BCUT2D eigenvalue weighted by Crippen LogP contribution is 2.13. The van der Waals surface area contributed by atoms with Gasteiger partial charge in [-0.25, -0.2) is 0 Å². The number of anilines is 1. The summed E-state index contributed by atoms with van der Waals surface area (Å²) >= 11 is 0. The molecule has 0 atom stereocenters. The topological polar surface area (TPSA) is 46.3 Å². The van der Waals surface area contributed by atoms with Gasteiger partial charge in [0.2, 0.25) is 5.91 Å². The molecule has 1 amide bonds. The quantitative estimate of drug-likeness (QED) is 0.625. The largest absolute Gasteiger partial charge is 0.399 e. The second-order valence-corrected chi connectivity index (χ2v) is 4.41. The Bertz CT molecular complexity index is 412. The minimum absolute atomic E-state index is 0.122. The highest BCUT2D eigenvalue weighted by molar-refractivity contribution is 5.76. The first-order valence-corrected chi connectivity index (χ1v) is 5.72. The molecule has 0 aromatic heterocycles. The Hall–Kier alpha value is -1.77. The third-order valence-electron chi connectivity index (χ3n) is 2.60. The lowest BCUT2D eigenvalue weighted by Crippen LogP contribution is -2.28. The van der Waals surface area contributed by atoms with Crippen molar-refractivity contribution in [2.45, 2.75) is 19.8 Å². The molecule has 0 aliphatic rings. The lowest BCUT2D eigenvalue weighted by molar-refractivity contribution is -0.129. The number of nitrogens with two attached hydrogens (primary N) is 1. The molecule has 0 saturated carbocycles. The zero-order chi connectivity index (χ0) is 12.8. The van der Waals surface area contributed by atoms with Gasteiger partial charge in [0.15, 0.2) is 0 Å². The zero-order valence-corrected chi connectivity index (χ0v) is 10.6. The van der Waals surface area contributed by atoms with Crippen LogP contribution in [-0.4, -0.2) is 24.4 Å². The molecule has 1 aromatic carbocycles. The van der Waals surface area contributed by atoms with Crippen molar-refractivity contribution in [2.24, 2.45) is 0 Å². The zero-order valence-electron chi connectivity index (χ0n) is 10.6. The Balaban J connectivity index is 2.48. The number of amides is 1. The first-order valence-electron chi connectivity index (χ1n) is 5.72. The standard InChI is InChI=1S/C14H20N2O/c1-11(2)10-16(3)14(17)9-8-12-6-4-5-7-13(12)15/h4-7H,1,8-10,15H2,2-3H3. The van der Waals surface area contributed by atoms with Gasteiger partial charge in [0.25, 0.3) is 0 Å². The van der Waals surface area contributed by atoms with Crippen LogP contribution in [0.3, 0.4) is 0 Å². The smallest absolute Gasteiger partial charge is 0.222 e. The van der Waals surface area contributed by atoms with E-state index >= 15 is 0 Å². The highest BCUT2D eigenvalue weighted by atomic mass is 16.2. The Morgan fingerprint density at radius 1 is 1.41 bits per heavy atom. The van der Waals surface area contributed by atoms with E-state index in [1.54, 1.807) is 11.9 Å². The van der Waals surface area contributed by atoms with E-state index in [-0.39, 0.29) is 5.91 Å². The number of rotatable bonds is 5. The predicted molar refractivity (Wildman–Crippen MR) is 71.6 cm³/mol. The predicted octanol–water partition coefficient (Wildman–Crippen LogP) is 2.24. The van der Waals surface area contributed by atoms with Crippen LogP contribution in [0.2, 0.25) is 0 Å². The summed E-state index contributed by atoms with van der Waals surface area (Å²) in [4.78, 5) is 13.5. The molecule has 3 heteroatoms. The fourth-order valence-electron chi connectivity index (χ4n) is 1.69. The lowest BCUT2D eigenvalue weighted by atomic mass is 10.1. The van der Waals surface area contributed by atoms with Gasteiger partial charge >= 0.3 is 0 Å². The molecule has 0 saturated heterocycles. The second kappa shape index (κ2) is 6.09. The maximum Gasteiger partial charge on any atom is 0.222 e. The highest BCUT2D eigenvalue weighted by Gasteiger charge is 2.09. The molecule has 1 aromatic rings. The summed E-state index contributed by atoms with van der Waals surface area (Å²) in [5, 5.41) is 0. The normalized spacial score (nSPS) is 10.0. The van der Waals surface area contributed by atoms with Gasteiger partial charge in [-0.1, -0.05) is 30.4 Å². The van der Waals surface area contributed by atoms with E-state index in [1.165, 1.54) is 0 Å². The Kier molecular flexibility index (Phi) is 4.76. The molecular formula is C14H20N2O. The SMILES string of the molecule is C=C(C)CN(C)C(=O)CCc1ccccc1N. The van der Waals surface area contributed by atoms with E-state index < -0.39 is 0 Å². The van der Waals surface area contributed by atoms with Gasteiger partial charge in [-0.2, -0.15) is 0 Å². The van der Waals surface area contributed by atoms with E-state index in [4.69, 9.17) is 5.73 Å². The molecule has 1 rings (SSSR count). The minimum atomic E-state index is 0.122. The average Bonchev–Trinajstić information content (AvgIpc) is 2.26. The van der Waals surface area contributed by atoms with E-state index in [9.17, 15) is 4.79 Å². The summed E-state index contributed by atoms with van der Waals surface area (Å²) in [5.41, 5.74) is 8.60. The summed E-state index contributed by atoms with van der Waals surface area (Å²) in [6.45, 7) is 6.33. The molecule has 17 heavy (non-hydrogen) atoms. The first kappa shape index (κ1) is 13.3. The summed E-state index contributed by atoms with van der Waals surface area (Å²) in [7, 11) is 1.80. The van der Waals surface area contributed by atoms with Crippen LogP contribution in [0.1, 0.15) is 18.9 Å².